The van der Waals surface area contributed by atoms with Crippen LogP contribution < -0.4 is 25.9 Å². The summed E-state index contributed by atoms with van der Waals surface area (Å²) in [6, 6.07) is 5.89. The van der Waals surface area contributed by atoms with Gasteiger partial charge in [-0.05, 0) is 93.2 Å². The first-order valence-electron chi connectivity index (χ1n) is 28.6. The molecule has 6 saturated heterocycles. The van der Waals surface area contributed by atoms with Gasteiger partial charge in [-0.2, -0.15) is 13.2 Å². The molecule has 11 rings (SSSR count). The standard InChI is InChI=1S/C57H80F3N11O6/c1-35(2)48-42(25-39(28-62-48)66-20-18-65(19-21-66)37-9-10-37)50-43-27-55(5,6)34-77-54(75)44-8-7-15-71(64-44)53(74)45(26-40-30-67(22-23-76-40)38-11-12-47(41(43)24-38)70(50)33-57(58,59)60)63-51(72)49(36(3)4)68-16-13-56(31-68)14-17-69(32-56)52(73)46-29-61-46/h11-12,24-25,28,35-37,40,44-46,49,61,64H,7-10,13-23,26-27,29-34H2,1-6H3,(H,63,72)/t40-,44-,45-,46+,49-,56-/m0/s1. The Balaban J connectivity index is 0.936. The average Bonchev–Trinajstić information content (AvgIpc) is 4.45. The number of aromatic nitrogens is 2. The number of rotatable bonds is 10. The molecule has 7 aliphatic heterocycles. The van der Waals surface area contributed by atoms with E-state index in [0.717, 1.165) is 62.5 Å². The molecule has 3 N–H and O–H groups in total. The van der Waals surface area contributed by atoms with Gasteiger partial charge in [0.2, 0.25) is 11.8 Å². The van der Waals surface area contributed by atoms with E-state index >= 15 is 13.2 Å². The lowest BCUT2D eigenvalue weighted by molar-refractivity contribution is -0.156. The summed E-state index contributed by atoms with van der Waals surface area (Å²) in [4.78, 5) is 73.2. The molecule has 1 spiro atoms. The van der Waals surface area contributed by atoms with Crippen LogP contribution in [0.5, 0.6) is 0 Å². The maximum absolute atomic E-state index is 15.1. The van der Waals surface area contributed by atoms with Crippen molar-refractivity contribution in [1.29, 1.82) is 0 Å². The highest BCUT2D eigenvalue weighted by Crippen LogP contribution is 2.45. The molecule has 77 heavy (non-hydrogen) atoms. The van der Waals surface area contributed by atoms with E-state index in [9.17, 15) is 19.2 Å². The number of halogens is 3. The summed E-state index contributed by atoms with van der Waals surface area (Å²) >= 11 is 0. The highest BCUT2D eigenvalue weighted by atomic mass is 19.4. The van der Waals surface area contributed by atoms with Crippen LogP contribution in [-0.2, 0) is 41.6 Å². The molecular formula is C57H80F3N11O6. The third-order valence-electron chi connectivity index (χ3n) is 17.8. The Kier molecular flexibility index (Phi) is 14.9. The predicted molar refractivity (Wildman–Crippen MR) is 287 cm³/mol. The number of nitrogens with one attached hydrogen (secondary N) is 3. The SMILES string of the molecule is CC(C)c1ncc(N2CCN(C3CC3)CC2)cc1-c1c2c3cc(ccc3n1CC(F)(F)F)N1CCO[C@@H](C[C@H](NC(=O)[C@H](C(C)C)N3CC[C@]4(CCN(C(=O)[C@H]5CN5)C4)C3)C(=O)N3CCC[C@H](N3)C(=O)OCC(C)(C)C2)C1. The number of alkyl halides is 3. The van der Waals surface area contributed by atoms with Gasteiger partial charge in [0.05, 0.1) is 54.7 Å². The van der Waals surface area contributed by atoms with Gasteiger partial charge in [-0.1, -0.05) is 41.5 Å². The van der Waals surface area contributed by atoms with Gasteiger partial charge in [0.1, 0.15) is 18.6 Å². The van der Waals surface area contributed by atoms with Gasteiger partial charge in [0.25, 0.3) is 5.91 Å². The summed E-state index contributed by atoms with van der Waals surface area (Å²) in [5, 5.41) is 8.48. The normalized spacial score (nSPS) is 28.2. The number of benzene rings is 1. The van der Waals surface area contributed by atoms with Crippen molar-refractivity contribution < 1.29 is 41.8 Å². The Hall–Kier alpha value is -5.02. The molecule has 420 valence electrons. The zero-order valence-electron chi connectivity index (χ0n) is 45.9. The number of piperazine rings is 1. The fourth-order valence-electron chi connectivity index (χ4n) is 13.6. The van der Waals surface area contributed by atoms with Crippen LogP contribution in [0.1, 0.15) is 104 Å². The van der Waals surface area contributed by atoms with E-state index in [2.05, 4.69) is 41.7 Å². The van der Waals surface area contributed by atoms with Crippen molar-refractivity contribution in [3.05, 3.63) is 41.7 Å². The number of hydrogen-bond acceptors (Lipinski definition) is 13. The molecule has 9 heterocycles. The van der Waals surface area contributed by atoms with E-state index in [1.165, 1.54) is 22.4 Å². The first-order chi connectivity index (χ1) is 36.7. The molecule has 1 aromatic carbocycles. The zero-order chi connectivity index (χ0) is 54.1. The lowest BCUT2D eigenvalue weighted by Gasteiger charge is -2.39. The van der Waals surface area contributed by atoms with Crippen molar-refractivity contribution in [2.75, 3.05) is 102 Å². The molecule has 2 aromatic heterocycles. The molecule has 3 amide bonds. The second-order valence-electron chi connectivity index (χ2n) is 25.1. The monoisotopic (exact) mass is 1070 g/mol. The number of amides is 3. The van der Waals surface area contributed by atoms with Crippen LogP contribution in [0.25, 0.3) is 22.2 Å². The Morgan fingerprint density at radius 2 is 1.69 bits per heavy atom. The van der Waals surface area contributed by atoms with Crippen LogP contribution in [0.4, 0.5) is 24.5 Å². The highest BCUT2D eigenvalue weighted by molar-refractivity contribution is 5.95. The summed E-state index contributed by atoms with van der Waals surface area (Å²) in [7, 11) is 0. The maximum atomic E-state index is 15.1. The molecule has 20 heteroatoms. The number of hydrogen-bond donors (Lipinski definition) is 3. The number of cyclic esters (lactones) is 1. The second-order valence-corrected chi connectivity index (χ2v) is 25.1. The Labute approximate surface area is 450 Å². The Morgan fingerprint density at radius 1 is 0.922 bits per heavy atom. The van der Waals surface area contributed by atoms with Gasteiger partial charge in [0.15, 0.2) is 0 Å². The molecule has 6 bridgehead atoms. The van der Waals surface area contributed by atoms with Crippen LogP contribution in [0.2, 0.25) is 0 Å². The molecule has 6 atom stereocenters. The van der Waals surface area contributed by atoms with E-state index in [0.29, 0.717) is 99.2 Å². The van der Waals surface area contributed by atoms with Crippen LogP contribution >= 0.6 is 0 Å². The summed E-state index contributed by atoms with van der Waals surface area (Å²) in [5.41, 5.74) is 7.01. The van der Waals surface area contributed by atoms with Crippen molar-refractivity contribution in [2.24, 2.45) is 16.7 Å². The number of carbonyl (C=O) groups excluding carboxylic acids is 4. The number of esters is 1. The van der Waals surface area contributed by atoms with E-state index in [1.54, 1.807) is 6.07 Å². The van der Waals surface area contributed by atoms with Crippen LogP contribution in [0.3, 0.4) is 0 Å². The van der Waals surface area contributed by atoms with E-state index in [1.807, 2.05) is 64.8 Å². The van der Waals surface area contributed by atoms with Crippen LogP contribution in [-0.4, -0.2) is 187 Å². The molecule has 17 nitrogen and oxygen atoms in total. The van der Waals surface area contributed by atoms with Crippen LogP contribution in [0, 0.1) is 16.7 Å². The fraction of sp³-hybridized carbons (Fsp3) is 0.702. The smallest absolute Gasteiger partial charge is 0.406 e. The number of anilines is 2. The fourth-order valence-corrected chi connectivity index (χ4v) is 13.6. The first-order valence-corrected chi connectivity index (χ1v) is 28.6. The van der Waals surface area contributed by atoms with Crippen molar-refractivity contribution in [3.63, 3.8) is 0 Å². The minimum absolute atomic E-state index is 0.0338. The number of ether oxygens (including phenoxy) is 2. The molecule has 0 unspecified atom stereocenters. The molecule has 7 fully saturated rings. The third kappa shape index (κ3) is 11.6. The van der Waals surface area contributed by atoms with Gasteiger partial charge in [-0.15, -0.1) is 0 Å². The third-order valence-corrected chi connectivity index (χ3v) is 17.8. The van der Waals surface area contributed by atoms with E-state index in [-0.39, 0.29) is 60.5 Å². The Bertz CT molecular complexity index is 2720. The predicted octanol–water partition coefficient (Wildman–Crippen LogP) is 5.30. The van der Waals surface area contributed by atoms with E-state index < -0.39 is 48.3 Å². The summed E-state index contributed by atoms with van der Waals surface area (Å²) in [5.74, 6) is -1.22. The van der Waals surface area contributed by atoms with Gasteiger partial charge in [-0.25, -0.2) is 5.43 Å². The number of hydrazine groups is 1. The zero-order valence-corrected chi connectivity index (χ0v) is 45.9. The summed E-state index contributed by atoms with van der Waals surface area (Å²) < 4.78 is 59.5. The molecule has 8 aliphatic rings. The molecule has 1 aliphatic carbocycles. The van der Waals surface area contributed by atoms with Crippen molar-refractivity contribution in [2.45, 2.75) is 148 Å². The summed E-state index contributed by atoms with van der Waals surface area (Å²) in [6.45, 7) is 19.2. The van der Waals surface area contributed by atoms with Gasteiger partial charge >= 0.3 is 12.1 Å². The van der Waals surface area contributed by atoms with E-state index in [4.69, 9.17) is 14.5 Å². The van der Waals surface area contributed by atoms with Gasteiger partial charge in [-0.3, -0.25) is 39.0 Å². The largest absolute Gasteiger partial charge is 0.464 e. The maximum Gasteiger partial charge on any atom is 0.406 e. The first kappa shape index (κ1) is 54.0. The number of nitrogens with zero attached hydrogens (tertiary/aromatic N) is 8. The molecule has 1 saturated carbocycles. The number of fused-ring (bicyclic) bond motifs is 6. The minimum Gasteiger partial charge on any atom is -0.464 e. The number of likely N-dealkylation sites (tertiary alicyclic amines) is 2. The van der Waals surface area contributed by atoms with Crippen molar-refractivity contribution in [1.82, 2.24) is 45.3 Å². The van der Waals surface area contributed by atoms with Crippen LogP contribution in [0.15, 0.2) is 30.5 Å². The summed E-state index contributed by atoms with van der Waals surface area (Å²) in [6.07, 6.45) is 2.36. The lowest BCUT2D eigenvalue weighted by atomic mass is 9.84. The molecular weight excluding hydrogens is 992 g/mol. The molecule has 3 aromatic rings. The quantitative estimate of drug-likeness (QED) is 0.177. The average molecular weight is 1070 g/mol. The molecule has 0 radical (unpaired) electrons. The van der Waals surface area contributed by atoms with Crippen molar-refractivity contribution >= 4 is 46.0 Å². The minimum atomic E-state index is -4.56. The van der Waals surface area contributed by atoms with Crippen molar-refractivity contribution in [3.8, 4) is 11.3 Å². The highest BCUT2D eigenvalue weighted by Gasteiger charge is 2.50. The lowest BCUT2D eigenvalue weighted by Crippen LogP contribution is -2.62. The van der Waals surface area contributed by atoms with Gasteiger partial charge < -0.3 is 39.4 Å². The Morgan fingerprint density at radius 3 is 2.40 bits per heavy atom. The number of morpholine rings is 1. The van der Waals surface area contributed by atoms with Gasteiger partial charge in [0, 0.05) is 117 Å². The topological polar surface area (TPSA) is 170 Å². The second kappa shape index (κ2) is 21.2. The number of carbonyl (C=O) groups is 4. The number of pyridine rings is 1.